The second-order valence-corrected chi connectivity index (χ2v) is 5.06. The Morgan fingerprint density at radius 2 is 1.73 bits per heavy atom. The number of carbonyl (C=O) groups is 3. The molecule has 114 valence electrons. The molecule has 22 heavy (non-hydrogen) atoms. The van der Waals surface area contributed by atoms with Gasteiger partial charge in [0.25, 0.3) is 5.69 Å². The van der Waals surface area contributed by atoms with Gasteiger partial charge in [0.2, 0.25) is 6.79 Å². The largest absolute Gasteiger partial charge is 0.454 e. The van der Waals surface area contributed by atoms with Crippen molar-refractivity contribution < 1.29 is 28.8 Å². The van der Waals surface area contributed by atoms with Crippen LogP contribution >= 0.6 is 0 Å². The van der Waals surface area contributed by atoms with Crippen LogP contribution in [0.3, 0.4) is 0 Å². The molecular weight excluding hydrogens is 294 g/mol. The lowest BCUT2D eigenvalue weighted by molar-refractivity contribution is -0.385. The van der Waals surface area contributed by atoms with Crippen LogP contribution in [0.2, 0.25) is 0 Å². The van der Waals surface area contributed by atoms with Crippen molar-refractivity contribution in [3.63, 3.8) is 0 Å². The Bertz CT molecular complexity index is 693. The summed E-state index contributed by atoms with van der Waals surface area (Å²) in [5.41, 5.74) is -0.803. The normalized spacial score (nSPS) is 17.6. The van der Waals surface area contributed by atoms with Crippen LogP contribution in [0.25, 0.3) is 0 Å². The number of nitro benzene ring substituents is 1. The Kier molecular flexibility index (Phi) is 3.36. The van der Waals surface area contributed by atoms with Gasteiger partial charge in [-0.2, -0.15) is 0 Å². The maximum absolute atomic E-state index is 12.5. The van der Waals surface area contributed by atoms with E-state index >= 15 is 0 Å². The second kappa shape index (κ2) is 5.21. The molecule has 0 atom stereocenters. The van der Waals surface area contributed by atoms with Gasteiger partial charge in [-0.25, -0.2) is 0 Å². The highest BCUT2D eigenvalue weighted by Gasteiger charge is 2.40. The summed E-state index contributed by atoms with van der Waals surface area (Å²) in [6.45, 7) is -0.106. The fourth-order valence-electron chi connectivity index (χ4n) is 2.63. The summed E-state index contributed by atoms with van der Waals surface area (Å²) < 4.78 is 10.1. The van der Waals surface area contributed by atoms with Crippen molar-refractivity contribution >= 4 is 23.0 Å². The highest BCUT2D eigenvalue weighted by molar-refractivity contribution is 6.26. The molecule has 0 aromatic heterocycles. The number of fused-ring (bicyclic) bond motifs is 1. The van der Waals surface area contributed by atoms with E-state index in [2.05, 4.69) is 0 Å². The van der Waals surface area contributed by atoms with Crippen molar-refractivity contribution in [3.8, 4) is 11.5 Å². The number of ether oxygens (including phenoxy) is 2. The molecule has 1 aromatic rings. The summed E-state index contributed by atoms with van der Waals surface area (Å²) >= 11 is 0. The van der Waals surface area contributed by atoms with E-state index in [4.69, 9.17) is 9.47 Å². The van der Waals surface area contributed by atoms with Gasteiger partial charge in [-0.3, -0.25) is 24.5 Å². The number of rotatable bonds is 3. The van der Waals surface area contributed by atoms with Gasteiger partial charge in [-0.1, -0.05) is 0 Å². The van der Waals surface area contributed by atoms with E-state index < -0.39 is 33.9 Å². The predicted molar refractivity (Wildman–Crippen MR) is 70.9 cm³/mol. The van der Waals surface area contributed by atoms with Crippen LogP contribution in [0.15, 0.2) is 12.1 Å². The molecule has 8 nitrogen and oxygen atoms in total. The molecule has 1 aliphatic carbocycles. The summed E-state index contributed by atoms with van der Waals surface area (Å²) in [7, 11) is 0. The minimum Gasteiger partial charge on any atom is -0.454 e. The third-order valence-corrected chi connectivity index (χ3v) is 3.71. The summed E-state index contributed by atoms with van der Waals surface area (Å²) in [4.78, 5) is 46.7. The van der Waals surface area contributed by atoms with Gasteiger partial charge >= 0.3 is 0 Å². The SMILES string of the molecule is O=C1CCCC(=O)C1C(=O)c1cc2c(cc1[N+](=O)[O-])OCO2. The molecule has 1 aromatic carbocycles. The summed E-state index contributed by atoms with van der Waals surface area (Å²) in [5.74, 6) is -2.94. The fraction of sp³-hybridized carbons (Fsp3) is 0.357. The Hall–Kier alpha value is -2.77. The van der Waals surface area contributed by atoms with Gasteiger partial charge < -0.3 is 9.47 Å². The molecular formula is C14H11NO7. The minimum atomic E-state index is -1.45. The van der Waals surface area contributed by atoms with E-state index in [9.17, 15) is 24.5 Å². The van der Waals surface area contributed by atoms with Crippen LogP contribution in [0.5, 0.6) is 11.5 Å². The third-order valence-electron chi connectivity index (χ3n) is 3.71. The first-order valence-corrected chi connectivity index (χ1v) is 6.66. The van der Waals surface area contributed by atoms with Gasteiger partial charge in [0, 0.05) is 18.9 Å². The second-order valence-electron chi connectivity index (χ2n) is 5.06. The summed E-state index contributed by atoms with van der Waals surface area (Å²) in [6, 6.07) is 2.24. The zero-order chi connectivity index (χ0) is 15.9. The van der Waals surface area contributed by atoms with E-state index in [0.717, 1.165) is 12.1 Å². The van der Waals surface area contributed by atoms with Crippen molar-refractivity contribution in [1.82, 2.24) is 0 Å². The van der Waals surface area contributed by atoms with Crippen molar-refractivity contribution in [2.75, 3.05) is 6.79 Å². The van der Waals surface area contributed by atoms with Crippen molar-refractivity contribution in [2.45, 2.75) is 19.3 Å². The van der Waals surface area contributed by atoms with Crippen molar-refractivity contribution in [1.29, 1.82) is 0 Å². The molecule has 0 amide bonds. The number of benzene rings is 1. The summed E-state index contributed by atoms with van der Waals surface area (Å²) in [6.07, 6.45) is 0.658. The minimum absolute atomic E-state index is 0.106. The molecule has 1 heterocycles. The first-order chi connectivity index (χ1) is 10.5. The lowest BCUT2D eigenvalue weighted by atomic mass is 9.81. The number of carbonyl (C=O) groups excluding carboxylic acids is 3. The number of ketones is 3. The first-order valence-electron chi connectivity index (χ1n) is 6.66. The van der Waals surface area contributed by atoms with Gasteiger partial charge in [0.05, 0.1) is 11.0 Å². The third kappa shape index (κ3) is 2.22. The van der Waals surface area contributed by atoms with Gasteiger partial charge in [-0.15, -0.1) is 0 Å². The molecule has 3 rings (SSSR count). The fourth-order valence-corrected chi connectivity index (χ4v) is 2.63. The van der Waals surface area contributed by atoms with Crippen molar-refractivity contribution in [2.24, 2.45) is 5.92 Å². The van der Waals surface area contributed by atoms with E-state index in [0.29, 0.717) is 6.42 Å². The highest BCUT2D eigenvalue weighted by atomic mass is 16.7. The Balaban J connectivity index is 2.06. The van der Waals surface area contributed by atoms with E-state index in [1.165, 1.54) is 0 Å². The molecule has 1 fully saturated rings. The number of Topliss-reactive ketones (excluding diaryl/α,β-unsaturated/α-hetero) is 3. The van der Waals surface area contributed by atoms with Crippen LogP contribution in [0.4, 0.5) is 5.69 Å². The maximum Gasteiger partial charge on any atom is 0.284 e. The lowest BCUT2D eigenvalue weighted by Crippen LogP contribution is -2.35. The lowest BCUT2D eigenvalue weighted by Gasteiger charge is -2.18. The highest BCUT2D eigenvalue weighted by Crippen LogP contribution is 2.39. The maximum atomic E-state index is 12.5. The van der Waals surface area contributed by atoms with Crippen LogP contribution in [0, 0.1) is 16.0 Å². The first kappa shape index (κ1) is 14.2. The standard InChI is InChI=1S/C14H11NO7/c16-9-2-1-3-10(17)13(9)14(18)7-4-11-12(22-6-21-11)5-8(7)15(19)20/h4-5,13H,1-3,6H2. The Labute approximate surface area is 124 Å². The molecule has 1 saturated carbocycles. The summed E-state index contributed by atoms with van der Waals surface area (Å²) in [5, 5.41) is 11.2. The molecule has 2 aliphatic rings. The molecule has 8 heteroatoms. The van der Waals surface area contributed by atoms with Gasteiger partial charge in [0.15, 0.2) is 28.8 Å². The molecule has 0 bridgehead atoms. The van der Waals surface area contributed by atoms with E-state index in [-0.39, 0.29) is 36.7 Å². The van der Waals surface area contributed by atoms with E-state index in [1.807, 2.05) is 0 Å². The zero-order valence-corrected chi connectivity index (χ0v) is 11.4. The average molecular weight is 305 g/mol. The van der Waals surface area contributed by atoms with E-state index in [1.54, 1.807) is 0 Å². The topological polar surface area (TPSA) is 113 Å². The number of hydrogen-bond acceptors (Lipinski definition) is 7. The number of hydrogen-bond donors (Lipinski definition) is 0. The monoisotopic (exact) mass is 305 g/mol. The molecule has 0 unspecified atom stereocenters. The van der Waals surface area contributed by atoms with Gasteiger partial charge in [0.1, 0.15) is 11.5 Å². The van der Waals surface area contributed by atoms with Crippen LogP contribution in [-0.4, -0.2) is 29.1 Å². The van der Waals surface area contributed by atoms with Crippen molar-refractivity contribution in [3.05, 3.63) is 27.8 Å². The van der Waals surface area contributed by atoms with Crippen LogP contribution < -0.4 is 9.47 Å². The smallest absolute Gasteiger partial charge is 0.284 e. The van der Waals surface area contributed by atoms with Gasteiger partial charge in [-0.05, 0) is 6.42 Å². The molecule has 0 saturated heterocycles. The van der Waals surface area contributed by atoms with Crippen LogP contribution in [0.1, 0.15) is 29.6 Å². The number of nitro groups is 1. The number of nitrogens with zero attached hydrogens (tertiary/aromatic N) is 1. The Morgan fingerprint density at radius 3 is 2.32 bits per heavy atom. The molecule has 0 N–H and O–H groups in total. The zero-order valence-electron chi connectivity index (χ0n) is 11.4. The average Bonchev–Trinajstić information content (AvgIpc) is 2.92. The molecule has 0 radical (unpaired) electrons. The molecule has 0 spiro atoms. The van der Waals surface area contributed by atoms with Crippen LogP contribution in [-0.2, 0) is 9.59 Å². The predicted octanol–water partition coefficient (Wildman–Crippen LogP) is 1.44. The molecule has 1 aliphatic heterocycles. The Morgan fingerprint density at radius 1 is 1.14 bits per heavy atom. The quantitative estimate of drug-likeness (QED) is 0.359.